The lowest BCUT2D eigenvalue weighted by Gasteiger charge is -2.12. The van der Waals surface area contributed by atoms with E-state index >= 15 is 0 Å². The van der Waals surface area contributed by atoms with Gasteiger partial charge in [-0.3, -0.25) is 0 Å². The van der Waals surface area contributed by atoms with Crippen LogP contribution in [0.1, 0.15) is 31.4 Å². The van der Waals surface area contributed by atoms with Crippen LogP contribution in [0.5, 0.6) is 0 Å². The van der Waals surface area contributed by atoms with Crippen molar-refractivity contribution in [3.8, 4) is 0 Å². The molecule has 2 atom stereocenters. The highest BCUT2D eigenvalue weighted by Crippen LogP contribution is 2.25. The summed E-state index contributed by atoms with van der Waals surface area (Å²) in [6, 6.07) is 7.51. The Labute approximate surface area is 118 Å². The molecule has 1 aromatic rings. The second-order valence-corrected chi connectivity index (χ2v) is 6.29. The molecule has 1 heterocycles. The van der Waals surface area contributed by atoms with E-state index in [1.165, 1.54) is 18.6 Å². The van der Waals surface area contributed by atoms with E-state index in [1.807, 2.05) is 43.0 Å². The Morgan fingerprint density at radius 2 is 2.21 bits per heavy atom. The largest absolute Gasteiger partial charge is 0.337 e. The van der Waals surface area contributed by atoms with Gasteiger partial charge >= 0.3 is 6.03 Å². The first-order valence-corrected chi connectivity index (χ1v) is 7.72. The van der Waals surface area contributed by atoms with Gasteiger partial charge in [0.1, 0.15) is 0 Å². The summed E-state index contributed by atoms with van der Waals surface area (Å²) in [5.41, 5.74) is 7.64. The lowest BCUT2D eigenvalue weighted by molar-refractivity contribution is 0.252. The van der Waals surface area contributed by atoms with Crippen LogP contribution < -0.4 is 16.4 Å². The second kappa shape index (κ2) is 6.82. The van der Waals surface area contributed by atoms with Crippen LogP contribution in [0, 0.1) is 0 Å². The summed E-state index contributed by atoms with van der Waals surface area (Å²) in [6.45, 7) is 2.68. The molecule has 4 N–H and O–H groups in total. The number of urea groups is 1. The van der Waals surface area contributed by atoms with Crippen molar-refractivity contribution in [1.82, 2.24) is 5.32 Å². The molecule has 1 aliphatic heterocycles. The number of rotatable bonds is 4. The number of amides is 2. The molecular weight excluding hydrogens is 258 g/mol. The number of carbonyl (C=O) groups excluding carboxylic acids is 1. The third-order valence-corrected chi connectivity index (χ3v) is 4.61. The molecule has 0 aliphatic carbocycles. The van der Waals surface area contributed by atoms with Crippen molar-refractivity contribution in [1.29, 1.82) is 0 Å². The summed E-state index contributed by atoms with van der Waals surface area (Å²) in [7, 11) is 0. The zero-order valence-corrected chi connectivity index (χ0v) is 12.0. The van der Waals surface area contributed by atoms with Crippen LogP contribution in [-0.4, -0.2) is 23.6 Å². The highest BCUT2D eigenvalue weighted by molar-refractivity contribution is 8.00. The van der Waals surface area contributed by atoms with E-state index in [2.05, 4.69) is 10.6 Å². The maximum atomic E-state index is 11.7. The molecule has 1 saturated heterocycles. The first-order valence-electron chi connectivity index (χ1n) is 6.67. The highest BCUT2D eigenvalue weighted by atomic mass is 32.2. The average molecular weight is 279 g/mol. The molecule has 2 unspecified atom stereocenters. The first kappa shape index (κ1) is 14.2. The third kappa shape index (κ3) is 4.44. The summed E-state index contributed by atoms with van der Waals surface area (Å²) in [6.07, 6.45) is 2.46. The predicted octanol–water partition coefficient (Wildman–Crippen LogP) is 2.72. The molecule has 1 aliphatic rings. The lowest BCUT2D eigenvalue weighted by atomic mass is 10.1. The third-order valence-electron chi connectivity index (χ3n) is 3.21. The lowest BCUT2D eigenvalue weighted by Crippen LogP contribution is -2.33. The van der Waals surface area contributed by atoms with Gasteiger partial charge in [0.25, 0.3) is 0 Å². The van der Waals surface area contributed by atoms with Gasteiger partial charge in [-0.2, -0.15) is 11.8 Å². The molecule has 0 spiro atoms. The van der Waals surface area contributed by atoms with Crippen LogP contribution in [-0.2, 0) is 0 Å². The van der Waals surface area contributed by atoms with E-state index in [0.717, 1.165) is 17.8 Å². The van der Waals surface area contributed by atoms with Crippen LogP contribution in [0.25, 0.3) is 0 Å². The maximum absolute atomic E-state index is 11.7. The molecule has 0 saturated carbocycles. The molecule has 4 nitrogen and oxygen atoms in total. The summed E-state index contributed by atoms with van der Waals surface area (Å²) in [5, 5.41) is 6.32. The van der Waals surface area contributed by atoms with E-state index < -0.39 is 0 Å². The van der Waals surface area contributed by atoms with Crippen molar-refractivity contribution >= 4 is 23.5 Å². The van der Waals surface area contributed by atoms with Crippen LogP contribution in [0.2, 0.25) is 0 Å². The van der Waals surface area contributed by atoms with Crippen molar-refractivity contribution in [2.45, 2.75) is 31.1 Å². The molecule has 2 amide bonds. The number of carbonyl (C=O) groups is 1. The smallest absolute Gasteiger partial charge is 0.319 e. The quantitative estimate of drug-likeness (QED) is 0.794. The topological polar surface area (TPSA) is 67.1 Å². The maximum Gasteiger partial charge on any atom is 0.319 e. The van der Waals surface area contributed by atoms with E-state index in [4.69, 9.17) is 5.73 Å². The zero-order valence-electron chi connectivity index (χ0n) is 11.2. The monoisotopic (exact) mass is 279 g/mol. The molecule has 2 rings (SSSR count). The Morgan fingerprint density at radius 1 is 1.47 bits per heavy atom. The Kier molecular flexibility index (Phi) is 5.10. The number of benzene rings is 1. The number of hydrogen-bond donors (Lipinski definition) is 3. The molecule has 0 bridgehead atoms. The SMILES string of the molecule is CC(N)c1ccc(NC(=O)NCC2CCCS2)cc1. The Hall–Kier alpha value is -1.20. The summed E-state index contributed by atoms with van der Waals surface area (Å²) < 4.78 is 0. The van der Waals surface area contributed by atoms with E-state index in [1.54, 1.807) is 0 Å². The van der Waals surface area contributed by atoms with Gasteiger partial charge in [-0.1, -0.05) is 12.1 Å². The summed E-state index contributed by atoms with van der Waals surface area (Å²) >= 11 is 1.94. The fourth-order valence-electron chi connectivity index (χ4n) is 2.06. The standard InChI is InChI=1S/C14H21N3OS/c1-10(15)11-4-6-12(7-5-11)17-14(18)16-9-13-3-2-8-19-13/h4-7,10,13H,2-3,8-9,15H2,1H3,(H2,16,17,18). The van der Waals surface area contributed by atoms with Gasteiger partial charge in [-0.25, -0.2) is 4.79 Å². The van der Waals surface area contributed by atoms with Gasteiger partial charge in [-0.15, -0.1) is 0 Å². The van der Waals surface area contributed by atoms with Crippen molar-refractivity contribution < 1.29 is 4.79 Å². The molecule has 0 aromatic heterocycles. The van der Waals surface area contributed by atoms with Crippen LogP contribution >= 0.6 is 11.8 Å². The number of nitrogens with one attached hydrogen (secondary N) is 2. The zero-order chi connectivity index (χ0) is 13.7. The molecular formula is C14H21N3OS. The highest BCUT2D eigenvalue weighted by Gasteiger charge is 2.16. The Morgan fingerprint density at radius 3 is 2.79 bits per heavy atom. The molecule has 0 radical (unpaired) electrons. The second-order valence-electron chi connectivity index (χ2n) is 4.88. The van der Waals surface area contributed by atoms with Gasteiger partial charge in [0.05, 0.1) is 0 Å². The molecule has 5 heteroatoms. The summed E-state index contributed by atoms with van der Waals surface area (Å²) in [4.78, 5) is 11.7. The predicted molar refractivity (Wildman–Crippen MR) is 81.5 cm³/mol. The van der Waals surface area contributed by atoms with E-state index in [0.29, 0.717) is 5.25 Å². The minimum Gasteiger partial charge on any atom is -0.337 e. The molecule has 104 valence electrons. The van der Waals surface area contributed by atoms with E-state index in [-0.39, 0.29) is 12.1 Å². The summed E-state index contributed by atoms with van der Waals surface area (Å²) in [5.74, 6) is 1.21. The van der Waals surface area contributed by atoms with Gasteiger partial charge in [-0.05, 0) is 43.2 Å². The van der Waals surface area contributed by atoms with Gasteiger partial charge in [0.15, 0.2) is 0 Å². The Balaban J connectivity index is 1.77. The average Bonchev–Trinajstić information content (AvgIpc) is 2.90. The first-order chi connectivity index (χ1) is 9.15. The number of hydrogen-bond acceptors (Lipinski definition) is 3. The number of thioether (sulfide) groups is 1. The Bertz CT molecular complexity index is 413. The van der Waals surface area contributed by atoms with Crippen molar-refractivity contribution in [3.63, 3.8) is 0 Å². The minimum absolute atomic E-state index is 0.0160. The number of anilines is 1. The fourth-order valence-corrected chi connectivity index (χ4v) is 3.26. The minimum atomic E-state index is -0.138. The van der Waals surface area contributed by atoms with Crippen molar-refractivity contribution in [2.75, 3.05) is 17.6 Å². The van der Waals surface area contributed by atoms with E-state index in [9.17, 15) is 4.79 Å². The molecule has 1 fully saturated rings. The normalized spacial score (nSPS) is 20.0. The van der Waals surface area contributed by atoms with Crippen LogP contribution in [0.15, 0.2) is 24.3 Å². The molecule has 19 heavy (non-hydrogen) atoms. The van der Waals surface area contributed by atoms with Crippen molar-refractivity contribution in [3.05, 3.63) is 29.8 Å². The van der Waals surface area contributed by atoms with Crippen LogP contribution in [0.4, 0.5) is 10.5 Å². The van der Waals surface area contributed by atoms with Gasteiger partial charge < -0.3 is 16.4 Å². The van der Waals surface area contributed by atoms with Gasteiger partial charge in [0, 0.05) is 23.5 Å². The van der Waals surface area contributed by atoms with Crippen molar-refractivity contribution in [2.24, 2.45) is 5.73 Å². The fraction of sp³-hybridized carbons (Fsp3) is 0.500. The molecule has 1 aromatic carbocycles. The van der Waals surface area contributed by atoms with Gasteiger partial charge in [0.2, 0.25) is 0 Å². The number of nitrogens with two attached hydrogens (primary N) is 1. The van der Waals surface area contributed by atoms with Crippen LogP contribution in [0.3, 0.4) is 0 Å².